The van der Waals surface area contributed by atoms with Gasteiger partial charge in [-0.2, -0.15) is 0 Å². The minimum Gasteiger partial charge on any atom is -0.335 e. The topological polar surface area (TPSA) is 16.1 Å². The fraction of sp³-hybridized carbons (Fsp3) is 0.294. The number of hydrogen-bond acceptors (Lipinski definition) is 2. The lowest BCUT2D eigenvalue weighted by Crippen LogP contribution is -2.31. The largest absolute Gasteiger partial charge is 0.335 e. The average Bonchev–Trinajstić information content (AvgIpc) is 2.93. The van der Waals surface area contributed by atoms with Crippen molar-refractivity contribution >= 4 is 22.9 Å². The molecule has 0 N–H and O–H groups in total. The molecule has 100 valence electrons. The number of thiocarbonyl (C=S) groups is 1. The predicted molar refractivity (Wildman–Crippen MR) is 86.4 cm³/mol. The van der Waals surface area contributed by atoms with Crippen molar-refractivity contribution in [2.24, 2.45) is 0 Å². The maximum absolute atomic E-state index is 5.52. The Bertz CT molecular complexity index is 707. The molecule has 0 amide bonds. The summed E-state index contributed by atoms with van der Waals surface area (Å²) >= 11 is 5.52. The highest BCUT2D eigenvalue weighted by Crippen LogP contribution is 2.42. The Balaban J connectivity index is 1.95. The summed E-state index contributed by atoms with van der Waals surface area (Å²) in [5, 5.41) is 0. The van der Waals surface area contributed by atoms with E-state index in [1.54, 1.807) is 0 Å². The van der Waals surface area contributed by atoms with Gasteiger partial charge in [0.05, 0.1) is 4.99 Å². The lowest BCUT2D eigenvalue weighted by molar-refractivity contribution is 0.943. The molecule has 0 atom stereocenters. The van der Waals surface area contributed by atoms with E-state index in [0.29, 0.717) is 0 Å². The van der Waals surface area contributed by atoms with E-state index in [0.717, 1.165) is 30.8 Å². The van der Waals surface area contributed by atoms with E-state index in [1.165, 1.54) is 33.5 Å². The lowest BCUT2D eigenvalue weighted by Gasteiger charge is -2.29. The van der Waals surface area contributed by atoms with Crippen molar-refractivity contribution in [3.8, 4) is 11.1 Å². The molecule has 1 aromatic carbocycles. The normalized spacial score (nSPS) is 16.4. The molecule has 3 heterocycles. The van der Waals surface area contributed by atoms with Gasteiger partial charge in [-0.1, -0.05) is 18.3 Å². The van der Waals surface area contributed by atoms with Crippen LogP contribution < -0.4 is 4.90 Å². The van der Waals surface area contributed by atoms with Gasteiger partial charge in [0.25, 0.3) is 0 Å². The quantitative estimate of drug-likeness (QED) is 0.741. The molecule has 0 radical (unpaired) electrons. The highest BCUT2D eigenvalue weighted by molar-refractivity contribution is 7.80. The van der Waals surface area contributed by atoms with E-state index in [4.69, 9.17) is 12.2 Å². The van der Waals surface area contributed by atoms with Crippen molar-refractivity contribution in [1.82, 2.24) is 4.98 Å². The molecular formula is C17H16N2S. The molecule has 0 spiro atoms. The van der Waals surface area contributed by atoms with E-state index in [2.05, 4.69) is 28.9 Å². The third-order valence-corrected chi connectivity index (χ3v) is 4.93. The molecule has 1 aromatic heterocycles. The van der Waals surface area contributed by atoms with Crippen LogP contribution >= 0.6 is 12.2 Å². The highest BCUT2D eigenvalue weighted by atomic mass is 32.1. The van der Waals surface area contributed by atoms with E-state index in [-0.39, 0.29) is 0 Å². The van der Waals surface area contributed by atoms with Gasteiger partial charge in [0.1, 0.15) is 0 Å². The predicted octanol–water partition coefficient (Wildman–Crippen LogP) is 3.69. The van der Waals surface area contributed by atoms with Gasteiger partial charge < -0.3 is 4.90 Å². The van der Waals surface area contributed by atoms with Crippen LogP contribution in [-0.4, -0.2) is 16.5 Å². The number of aromatic nitrogens is 1. The van der Waals surface area contributed by atoms with Gasteiger partial charge in [-0.05, 0) is 54.2 Å². The molecule has 20 heavy (non-hydrogen) atoms. The zero-order valence-electron chi connectivity index (χ0n) is 11.5. The number of hydrogen-bond donors (Lipinski definition) is 0. The summed E-state index contributed by atoms with van der Waals surface area (Å²) in [7, 11) is 0. The van der Waals surface area contributed by atoms with Crippen LogP contribution in [0.5, 0.6) is 0 Å². The summed E-state index contributed by atoms with van der Waals surface area (Å²) in [6, 6.07) is 6.51. The van der Waals surface area contributed by atoms with Crippen LogP contribution in [0, 0.1) is 6.92 Å². The molecule has 0 saturated carbocycles. The van der Waals surface area contributed by atoms with Gasteiger partial charge in [-0.15, -0.1) is 0 Å². The van der Waals surface area contributed by atoms with Gasteiger partial charge in [-0.3, -0.25) is 4.98 Å². The van der Waals surface area contributed by atoms with Crippen LogP contribution in [0.4, 0.5) is 5.69 Å². The fourth-order valence-corrected chi connectivity index (χ4v) is 3.79. The first kappa shape index (κ1) is 12.0. The van der Waals surface area contributed by atoms with Crippen molar-refractivity contribution < 1.29 is 0 Å². The fourth-order valence-electron chi connectivity index (χ4n) is 3.50. The summed E-state index contributed by atoms with van der Waals surface area (Å²) in [6.45, 7) is 3.29. The van der Waals surface area contributed by atoms with Crippen LogP contribution in [0.15, 0.2) is 30.6 Å². The van der Waals surface area contributed by atoms with E-state index >= 15 is 0 Å². The third-order valence-electron chi connectivity index (χ3n) is 4.50. The molecule has 0 unspecified atom stereocenters. The maximum Gasteiger partial charge on any atom is 0.0827 e. The Kier molecular flexibility index (Phi) is 2.64. The van der Waals surface area contributed by atoms with E-state index < -0.39 is 0 Å². The summed E-state index contributed by atoms with van der Waals surface area (Å²) in [5.74, 6) is 0. The lowest BCUT2D eigenvalue weighted by atomic mass is 9.90. The van der Waals surface area contributed by atoms with Crippen molar-refractivity contribution in [2.75, 3.05) is 11.4 Å². The average molecular weight is 280 g/mol. The summed E-state index contributed by atoms with van der Waals surface area (Å²) in [5.41, 5.74) is 8.30. The van der Waals surface area contributed by atoms with Crippen LogP contribution in [0.2, 0.25) is 0 Å². The summed E-state index contributed by atoms with van der Waals surface area (Å²) in [4.78, 5) is 7.73. The monoisotopic (exact) mass is 280 g/mol. The number of aryl methyl sites for hydroxylation is 1. The standard InChI is InChI=1S/C17H16N2S/c1-11-14-6-8-19-16(20)5-4-12(17(14)19)9-15(11)13-3-2-7-18-10-13/h2-3,7,9-10H,4-6,8H2,1H3. The van der Waals surface area contributed by atoms with Gasteiger partial charge in [-0.25, -0.2) is 0 Å². The van der Waals surface area contributed by atoms with Crippen molar-refractivity contribution in [3.05, 3.63) is 47.3 Å². The Morgan fingerprint density at radius 3 is 2.95 bits per heavy atom. The Hall–Kier alpha value is -1.74. The van der Waals surface area contributed by atoms with Crippen LogP contribution in [0.1, 0.15) is 23.1 Å². The zero-order valence-corrected chi connectivity index (χ0v) is 12.3. The zero-order chi connectivity index (χ0) is 13.7. The molecule has 0 bridgehead atoms. The van der Waals surface area contributed by atoms with Crippen LogP contribution in [-0.2, 0) is 12.8 Å². The van der Waals surface area contributed by atoms with Gasteiger partial charge >= 0.3 is 0 Å². The minimum absolute atomic E-state index is 1.01. The Labute approximate surface area is 124 Å². The number of nitrogens with zero attached hydrogens (tertiary/aromatic N) is 2. The molecule has 3 heteroatoms. The number of anilines is 1. The highest BCUT2D eigenvalue weighted by Gasteiger charge is 2.31. The first-order chi connectivity index (χ1) is 9.75. The molecule has 2 aliphatic rings. The first-order valence-corrected chi connectivity index (χ1v) is 7.52. The summed E-state index contributed by atoms with van der Waals surface area (Å²) < 4.78 is 0. The first-order valence-electron chi connectivity index (χ1n) is 7.12. The molecule has 2 aliphatic heterocycles. The molecule has 0 saturated heterocycles. The number of benzene rings is 1. The van der Waals surface area contributed by atoms with Crippen molar-refractivity contribution in [1.29, 1.82) is 0 Å². The molecule has 4 rings (SSSR count). The van der Waals surface area contributed by atoms with Crippen molar-refractivity contribution in [3.63, 3.8) is 0 Å². The van der Waals surface area contributed by atoms with E-state index in [1.807, 2.05) is 18.5 Å². The number of rotatable bonds is 1. The SMILES string of the molecule is Cc1c(-c2cccnc2)cc2c3c1CCN3C(=S)CC2. The minimum atomic E-state index is 1.01. The maximum atomic E-state index is 5.52. The molecular weight excluding hydrogens is 264 g/mol. The molecule has 2 aromatic rings. The second-order valence-electron chi connectivity index (χ2n) is 5.57. The molecule has 2 nitrogen and oxygen atoms in total. The van der Waals surface area contributed by atoms with Crippen molar-refractivity contribution in [2.45, 2.75) is 26.2 Å². The second kappa shape index (κ2) is 4.38. The Morgan fingerprint density at radius 1 is 1.25 bits per heavy atom. The summed E-state index contributed by atoms with van der Waals surface area (Å²) in [6.07, 6.45) is 6.99. The smallest absolute Gasteiger partial charge is 0.0827 e. The number of pyridine rings is 1. The van der Waals surface area contributed by atoms with Crippen LogP contribution in [0.25, 0.3) is 11.1 Å². The third kappa shape index (κ3) is 1.63. The Morgan fingerprint density at radius 2 is 2.15 bits per heavy atom. The van der Waals surface area contributed by atoms with Gasteiger partial charge in [0, 0.05) is 36.6 Å². The van der Waals surface area contributed by atoms with Crippen LogP contribution in [0.3, 0.4) is 0 Å². The van der Waals surface area contributed by atoms with E-state index in [9.17, 15) is 0 Å². The van der Waals surface area contributed by atoms with Gasteiger partial charge in [0.15, 0.2) is 0 Å². The second-order valence-corrected chi connectivity index (χ2v) is 6.04. The molecule has 0 fully saturated rings. The van der Waals surface area contributed by atoms with Gasteiger partial charge in [0.2, 0.25) is 0 Å². The molecule has 0 aliphatic carbocycles.